The molecule has 8 nitrogen and oxygen atoms in total. The van der Waals surface area contributed by atoms with Crippen LogP contribution in [0.2, 0.25) is 0 Å². The maximum absolute atomic E-state index is 13.9. The number of alkyl halides is 3. The molecule has 4 rings (SSSR count). The SMILES string of the molecule is CC(=O)Nc1cc(Nc2ncc(C(F)(F)F)c(-c3c[nH]c4c(C)cccc34)n2)ccc1OCCN(C)C. The number of likely N-dealkylation sites (N-methyl/N-ethyl adjacent to an activating group) is 1. The van der Waals surface area contributed by atoms with Crippen LogP contribution in [0.5, 0.6) is 5.75 Å². The number of nitrogens with zero attached hydrogens (tertiary/aromatic N) is 3. The number of aromatic nitrogens is 3. The highest BCUT2D eigenvalue weighted by molar-refractivity contribution is 5.97. The molecule has 0 spiro atoms. The second kappa shape index (κ2) is 10.5. The minimum Gasteiger partial charge on any atom is -0.490 e. The zero-order valence-electron chi connectivity index (χ0n) is 20.8. The van der Waals surface area contributed by atoms with Gasteiger partial charge in [-0.25, -0.2) is 9.97 Å². The molecule has 0 atom stereocenters. The number of rotatable bonds is 8. The highest BCUT2D eigenvalue weighted by Gasteiger charge is 2.36. The van der Waals surface area contributed by atoms with Crippen molar-refractivity contribution in [3.05, 3.63) is 59.9 Å². The summed E-state index contributed by atoms with van der Waals surface area (Å²) in [5, 5.41) is 6.29. The largest absolute Gasteiger partial charge is 0.490 e. The van der Waals surface area contributed by atoms with Gasteiger partial charge in [0.05, 0.1) is 11.4 Å². The smallest absolute Gasteiger partial charge is 0.419 e. The quantitative estimate of drug-likeness (QED) is 0.285. The number of hydrogen-bond donors (Lipinski definition) is 3. The predicted molar refractivity (Wildman–Crippen MR) is 137 cm³/mol. The van der Waals surface area contributed by atoms with E-state index < -0.39 is 11.7 Å². The summed E-state index contributed by atoms with van der Waals surface area (Å²) < 4.78 is 47.4. The van der Waals surface area contributed by atoms with Gasteiger partial charge in [0.25, 0.3) is 0 Å². The molecular weight excluding hydrogens is 485 g/mol. The first-order valence-electron chi connectivity index (χ1n) is 11.5. The van der Waals surface area contributed by atoms with Crippen LogP contribution < -0.4 is 15.4 Å². The average Bonchev–Trinajstić information content (AvgIpc) is 3.24. The van der Waals surface area contributed by atoms with Crippen LogP contribution in [-0.2, 0) is 11.0 Å². The number of H-pyrrole nitrogens is 1. The van der Waals surface area contributed by atoms with Crippen LogP contribution in [0, 0.1) is 6.92 Å². The number of para-hydroxylation sites is 1. The first kappa shape index (κ1) is 26.0. The number of nitrogens with one attached hydrogen (secondary N) is 3. The van der Waals surface area contributed by atoms with Crippen LogP contribution in [0.4, 0.5) is 30.5 Å². The number of aromatic amines is 1. The van der Waals surface area contributed by atoms with E-state index in [2.05, 4.69) is 25.6 Å². The number of aryl methyl sites for hydroxylation is 1. The van der Waals surface area contributed by atoms with E-state index in [1.807, 2.05) is 32.0 Å². The number of ether oxygens (including phenoxy) is 1. The standard InChI is InChI=1S/C26H27F3N6O2/c1-15-6-5-7-18-19(13-30-23(15)18)24-20(26(27,28)29)14-31-25(34-24)33-17-8-9-22(37-11-10-35(3)4)21(12-17)32-16(2)36/h5-9,12-14,30H,10-11H2,1-4H3,(H,32,36)(H,31,33,34). The van der Waals surface area contributed by atoms with E-state index in [0.29, 0.717) is 41.2 Å². The lowest BCUT2D eigenvalue weighted by Crippen LogP contribution is -2.20. The Hall–Kier alpha value is -4.12. The number of carbonyl (C=O) groups excluding carboxylic acids is 1. The summed E-state index contributed by atoms with van der Waals surface area (Å²) in [7, 11) is 3.84. The van der Waals surface area contributed by atoms with Gasteiger partial charge in [0, 0.05) is 48.0 Å². The van der Waals surface area contributed by atoms with Gasteiger partial charge in [0.1, 0.15) is 17.9 Å². The average molecular weight is 513 g/mol. The van der Waals surface area contributed by atoms with Gasteiger partial charge in [-0.15, -0.1) is 0 Å². The summed E-state index contributed by atoms with van der Waals surface area (Å²) in [5.41, 5.74) is 1.66. The summed E-state index contributed by atoms with van der Waals surface area (Å²) in [5.74, 6) is 0.142. The van der Waals surface area contributed by atoms with Gasteiger partial charge >= 0.3 is 6.18 Å². The Bertz CT molecular complexity index is 1430. The monoisotopic (exact) mass is 512 g/mol. The first-order valence-corrected chi connectivity index (χ1v) is 11.5. The molecule has 11 heteroatoms. The normalized spacial score (nSPS) is 11.7. The van der Waals surface area contributed by atoms with Gasteiger partial charge in [-0.05, 0) is 44.8 Å². The summed E-state index contributed by atoms with van der Waals surface area (Å²) in [6, 6.07) is 10.4. The lowest BCUT2D eigenvalue weighted by atomic mass is 10.0. The molecule has 37 heavy (non-hydrogen) atoms. The molecule has 2 heterocycles. The molecule has 2 aromatic carbocycles. The number of hydrogen-bond acceptors (Lipinski definition) is 6. The van der Waals surface area contributed by atoms with Crippen molar-refractivity contribution in [3.8, 4) is 17.0 Å². The maximum atomic E-state index is 13.9. The van der Waals surface area contributed by atoms with E-state index in [9.17, 15) is 18.0 Å². The Labute approximate surface area is 211 Å². The minimum atomic E-state index is -4.65. The van der Waals surface area contributed by atoms with E-state index in [0.717, 1.165) is 17.3 Å². The van der Waals surface area contributed by atoms with Gasteiger partial charge < -0.3 is 25.3 Å². The third kappa shape index (κ3) is 6.00. The number of anilines is 3. The summed E-state index contributed by atoms with van der Waals surface area (Å²) in [6.07, 6.45) is -2.36. The molecule has 0 aliphatic rings. The van der Waals surface area contributed by atoms with Crippen molar-refractivity contribution in [2.75, 3.05) is 37.9 Å². The minimum absolute atomic E-state index is 0.0277. The topological polar surface area (TPSA) is 95.2 Å². The molecule has 0 bridgehead atoms. The Morgan fingerprint density at radius 1 is 1.19 bits per heavy atom. The molecule has 0 saturated heterocycles. The van der Waals surface area contributed by atoms with Crippen LogP contribution in [0.1, 0.15) is 18.1 Å². The van der Waals surface area contributed by atoms with Crippen molar-refractivity contribution in [3.63, 3.8) is 0 Å². The van der Waals surface area contributed by atoms with Crippen LogP contribution >= 0.6 is 0 Å². The predicted octanol–water partition coefficient (Wildman–Crippen LogP) is 5.59. The third-order valence-electron chi connectivity index (χ3n) is 5.62. The van der Waals surface area contributed by atoms with Crippen molar-refractivity contribution < 1.29 is 22.7 Å². The van der Waals surface area contributed by atoms with Crippen LogP contribution in [0.15, 0.2) is 48.8 Å². The zero-order chi connectivity index (χ0) is 26.7. The zero-order valence-corrected chi connectivity index (χ0v) is 20.8. The molecular formula is C26H27F3N6O2. The molecule has 3 N–H and O–H groups in total. The molecule has 2 aromatic heterocycles. The van der Waals surface area contributed by atoms with Crippen LogP contribution in [0.3, 0.4) is 0 Å². The van der Waals surface area contributed by atoms with Gasteiger partial charge in [-0.2, -0.15) is 13.2 Å². The number of fused-ring (bicyclic) bond motifs is 1. The van der Waals surface area contributed by atoms with E-state index in [1.54, 1.807) is 30.3 Å². The number of carbonyl (C=O) groups is 1. The summed E-state index contributed by atoms with van der Waals surface area (Å²) >= 11 is 0. The molecule has 0 fully saturated rings. The fraction of sp³-hybridized carbons (Fsp3) is 0.269. The molecule has 4 aromatic rings. The van der Waals surface area contributed by atoms with Crippen LogP contribution in [-0.4, -0.2) is 53.0 Å². The maximum Gasteiger partial charge on any atom is 0.419 e. The number of amides is 1. The Morgan fingerprint density at radius 2 is 1.97 bits per heavy atom. The second-order valence-electron chi connectivity index (χ2n) is 8.82. The van der Waals surface area contributed by atoms with Crippen molar-refractivity contribution >= 4 is 34.1 Å². The highest BCUT2D eigenvalue weighted by atomic mass is 19.4. The Morgan fingerprint density at radius 3 is 2.68 bits per heavy atom. The summed E-state index contributed by atoms with van der Waals surface area (Å²) in [4.78, 5) is 24.9. The van der Waals surface area contributed by atoms with Crippen molar-refractivity contribution in [1.29, 1.82) is 0 Å². The lowest BCUT2D eigenvalue weighted by Gasteiger charge is -2.16. The van der Waals surface area contributed by atoms with Crippen LogP contribution in [0.25, 0.3) is 22.2 Å². The lowest BCUT2D eigenvalue weighted by molar-refractivity contribution is -0.137. The molecule has 1 amide bonds. The molecule has 194 valence electrons. The van der Waals surface area contributed by atoms with E-state index >= 15 is 0 Å². The second-order valence-corrected chi connectivity index (χ2v) is 8.82. The molecule has 0 unspecified atom stereocenters. The fourth-order valence-corrected chi connectivity index (χ4v) is 3.84. The van der Waals surface area contributed by atoms with Crippen molar-refractivity contribution in [2.45, 2.75) is 20.0 Å². The van der Waals surface area contributed by atoms with Gasteiger partial charge in [0.2, 0.25) is 11.9 Å². The molecule has 0 aliphatic carbocycles. The highest BCUT2D eigenvalue weighted by Crippen LogP contribution is 2.39. The van der Waals surface area contributed by atoms with Crippen molar-refractivity contribution in [2.24, 2.45) is 0 Å². The molecule has 0 radical (unpaired) electrons. The van der Waals surface area contributed by atoms with E-state index in [4.69, 9.17) is 4.74 Å². The first-order chi connectivity index (χ1) is 17.5. The Balaban J connectivity index is 1.70. The fourth-order valence-electron chi connectivity index (χ4n) is 3.84. The van der Waals surface area contributed by atoms with Gasteiger partial charge in [-0.1, -0.05) is 18.2 Å². The molecule has 0 aliphatic heterocycles. The molecule has 0 saturated carbocycles. The number of halogens is 3. The summed E-state index contributed by atoms with van der Waals surface area (Å²) in [6.45, 7) is 4.33. The third-order valence-corrected chi connectivity index (χ3v) is 5.62. The van der Waals surface area contributed by atoms with Gasteiger partial charge in [-0.3, -0.25) is 4.79 Å². The van der Waals surface area contributed by atoms with E-state index in [-0.39, 0.29) is 17.5 Å². The van der Waals surface area contributed by atoms with E-state index in [1.165, 1.54) is 13.1 Å². The Kier molecular flexibility index (Phi) is 7.35. The van der Waals surface area contributed by atoms with Crippen molar-refractivity contribution in [1.82, 2.24) is 19.9 Å². The number of benzene rings is 2. The van der Waals surface area contributed by atoms with Gasteiger partial charge in [0.15, 0.2) is 0 Å².